The molecule has 0 spiro atoms. The number of hydrogen-bond donors (Lipinski definition) is 1. The number of pyridine rings is 1. The molecule has 1 atom stereocenters. The summed E-state index contributed by atoms with van der Waals surface area (Å²) in [5, 5.41) is 7.59. The zero-order chi connectivity index (χ0) is 12.8. The monoisotopic (exact) mass is 246 g/mol. The molecule has 0 radical (unpaired) electrons. The zero-order valence-electron chi connectivity index (χ0n) is 10.7. The molecule has 5 heteroatoms. The number of nitrogens with zero attached hydrogens (tertiary/aromatic N) is 3. The molecule has 0 aliphatic rings. The van der Waals surface area contributed by atoms with Gasteiger partial charge in [0.2, 0.25) is 5.88 Å². The maximum absolute atomic E-state index is 5.09. The van der Waals surface area contributed by atoms with Crippen LogP contribution in [0.15, 0.2) is 36.7 Å². The number of methoxy groups -OCH3 is 1. The van der Waals surface area contributed by atoms with Crippen molar-refractivity contribution in [1.29, 1.82) is 0 Å². The Morgan fingerprint density at radius 2 is 2.28 bits per heavy atom. The molecule has 2 aromatic rings. The molecular weight excluding hydrogens is 228 g/mol. The molecule has 1 N–H and O–H groups in total. The number of rotatable bonds is 6. The van der Waals surface area contributed by atoms with Crippen LogP contribution in [0.5, 0.6) is 5.88 Å². The maximum Gasteiger partial charge on any atom is 0.213 e. The van der Waals surface area contributed by atoms with Gasteiger partial charge in [-0.15, -0.1) is 0 Å². The van der Waals surface area contributed by atoms with E-state index in [4.69, 9.17) is 4.74 Å². The lowest BCUT2D eigenvalue weighted by atomic mass is 10.3. The average molecular weight is 246 g/mol. The Morgan fingerprint density at radius 3 is 3.00 bits per heavy atom. The molecular formula is C13H18N4O. The summed E-state index contributed by atoms with van der Waals surface area (Å²) >= 11 is 0. The lowest BCUT2D eigenvalue weighted by Gasteiger charge is -2.13. The van der Waals surface area contributed by atoms with E-state index in [0.717, 1.165) is 18.8 Å². The highest BCUT2D eigenvalue weighted by Gasteiger charge is 2.04. The standard InChI is InChI=1S/C13H18N4O/c1-11(10-17-8-4-7-15-17)14-9-12-5-3-6-13(16-12)18-2/h3-8,11,14H,9-10H2,1-2H3. The van der Waals surface area contributed by atoms with E-state index in [-0.39, 0.29) is 0 Å². The molecule has 0 bridgehead atoms. The Balaban J connectivity index is 1.83. The van der Waals surface area contributed by atoms with Crippen LogP contribution in [0.4, 0.5) is 0 Å². The van der Waals surface area contributed by atoms with Crippen molar-refractivity contribution < 1.29 is 4.74 Å². The van der Waals surface area contributed by atoms with E-state index in [9.17, 15) is 0 Å². The predicted octanol–water partition coefficient (Wildman–Crippen LogP) is 1.46. The largest absolute Gasteiger partial charge is 0.481 e. The fourth-order valence-electron chi connectivity index (χ4n) is 1.70. The lowest BCUT2D eigenvalue weighted by molar-refractivity contribution is 0.393. The van der Waals surface area contributed by atoms with Crippen molar-refractivity contribution in [2.45, 2.75) is 26.1 Å². The molecule has 0 aliphatic carbocycles. The van der Waals surface area contributed by atoms with Crippen LogP contribution in [0, 0.1) is 0 Å². The first kappa shape index (κ1) is 12.6. The second-order valence-electron chi connectivity index (χ2n) is 4.18. The van der Waals surface area contributed by atoms with Crippen molar-refractivity contribution in [1.82, 2.24) is 20.1 Å². The highest BCUT2D eigenvalue weighted by atomic mass is 16.5. The highest BCUT2D eigenvalue weighted by Crippen LogP contribution is 2.06. The first-order chi connectivity index (χ1) is 8.78. The Labute approximate surface area is 107 Å². The van der Waals surface area contributed by atoms with E-state index < -0.39 is 0 Å². The van der Waals surface area contributed by atoms with Gasteiger partial charge in [0.1, 0.15) is 0 Å². The summed E-state index contributed by atoms with van der Waals surface area (Å²) in [6.45, 7) is 3.69. The van der Waals surface area contributed by atoms with E-state index in [2.05, 4.69) is 22.3 Å². The summed E-state index contributed by atoms with van der Waals surface area (Å²) in [5.74, 6) is 0.647. The lowest BCUT2D eigenvalue weighted by Crippen LogP contribution is -2.30. The minimum absolute atomic E-state index is 0.331. The Kier molecular flexibility index (Phi) is 4.30. The van der Waals surface area contributed by atoms with Crippen LogP contribution < -0.4 is 10.1 Å². The fraction of sp³-hybridized carbons (Fsp3) is 0.385. The van der Waals surface area contributed by atoms with Gasteiger partial charge in [0.15, 0.2) is 0 Å². The highest BCUT2D eigenvalue weighted by molar-refractivity contribution is 5.15. The van der Waals surface area contributed by atoms with Crippen LogP contribution in [-0.4, -0.2) is 27.9 Å². The first-order valence-corrected chi connectivity index (χ1v) is 5.98. The smallest absolute Gasteiger partial charge is 0.213 e. The van der Waals surface area contributed by atoms with Gasteiger partial charge in [-0.2, -0.15) is 5.10 Å². The third-order valence-corrected chi connectivity index (χ3v) is 2.64. The van der Waals surface area contributed by atoms with Gasteiger partial charge in [-0.25, -0.2) is 4.98 Å². The second kappa shape index (κ2) is 6.16. The van der Waals surface area contributed by atoms with Gasteiger partial charge in [-0.1, -0.05) is 6.07 Å². The van der Waals surface area contributed by atoms with Gasteiger partial charge in [-0.3, -0.25) is 4.68 Å². The third-order valence-electron chi connectivity index (χ3n) is 2.64. The predicted molar refractivity (Wildman–Crippen MR) is 69.3 cm³/mol. The topological polar surface area (TPSA) is 52.0 Å². The molecule has 0 aliphatic heterocycles. The van der Waals surface area contributed by atoms with Crippen LogP contribution in [0.25, 0.3) is 0 Å². The summed E-state index contributed by atoms with van der Waals surface area (Å²) in [4.78, 5) is 4.35. The van der Waals surface area contributed by atoms with Crippen LogP contribution in [0.3, 0.4) is 0 Å². The van der Waals surface area contributed by atoms with Crippen LogP contribution in [0.1, 0.15) is 12.6 Å². The normalized spacial score (nSPS) is 12.3. The minimum atomic E-state index is 0.331. The van der Waals surface area contributed by atoms with Gasteiger partial charge in [0.05, 0.1) is 19.3 Å². The van der Waals surface area contributed by atoms with Crippen LogP contribution >= 0.6 is 0 Å². The summed E-state index contributed by atoms with van der Waals surface area (Å²) in [5.41, 5.74) is 0.974. The van der Waals surface area contributed by atoms with E-state index >= 15 is 0 Å². The van der Waals surface area contributed by atoms with E-state index in [1.165, 1.54) is 0 Å². The quantitative estimate of drug-likeness (QED) is 0.838. The molecule has 0 saturated carbocycles. The van der Waals surface area contributed by atoms with Gasteiger partial charge in [0.25, 0.3) is 0 Å². The molecule has 0 amide bonds. The van der Waals surface area contributed by atoms with Crippen molar-refractivity contribution in [3.8, 4) is 5.88 Å². The van der Waals surface area contributed by atoms with Gasteiger partial charge >= 0.3 is 0 Å². The molecule has 0 saturated heterocycles. The Hall–Kier alpha value is -1.88. The second-order valence-corrected chi connectivity index (χ2v) is 4.18. The molecule has 5 nitrogen and oxygen atoms in total. The van der Waals surface area contributed by atoms with Gasteiger partial charge < -0.3 is 10.1 Å². The maximum atomic E-state index is 5.09. The molecule has 0 aromatic carbocycles. The molecule has 2 rings (SSSR count). The molecule has 2 heterocycles. The van der Waals surface area contributed by atoms with Crippen molar-refractivity contribution in [3.63, 3.8) is 0 Å². The summed E-state index contributed by atoms with van der Waals surface area (Å²) in [6.07, 6.45) is 3.75. The van der Waals surface area contributed by atoms with E-state index in [1.54, 1.807) is 13.3 Å². The summed E-state index contributed by atoms with van der Waals surface area (Å²) < 4.78 is 7.01. The van der Waals surface area contributed by atoms with Gasteiger partial charge in [0, 0.05) is 31.0 Å². The Morgan fingerprint density at radius 1 is 1.39 bits per heavy atom. The number of aromatic nitrogens is 3. The summed E-state index contributed by atoms with van der Waals surface area (Å²) in [7, 11) is 1.62. The molecule has 0 fully saturated rings. The average Bonchev–Trinajstić information content (AvgIpc) is 2.89. The van der Waals surface area contributed by atoms with E-state index in [0.29, 0.717) is 11.9 Å². The van der Waals surface area contributed by atoms with Crippen molar-refractivity contribution in [2.24, 2.45) is 0 Å². The van der Waals surface area contributed by atoms with Crippen molar-refractivity contribution in [2.75, 3.05) is 7.11 Å². The first-order valence-electron chi connectivity index (χ1n) is 5.98. The van der Waals surface area contributed by atoms with Crippen molar-refractivity contribution >= 4 is 0 Å². The molecule has 2 aromatic heterocycles. The van der Waals surface area contributed by atoms with Crippen LogP contribution in [0.2, 0.25) is 0 Å². The molecule has 1 unspecified atom stereocenters. The van der Waals surface area contributed by atoms with Crippen LogP contribution in [-0.2, 0) is 13.1 Å². The molecule has 96 valence electrons. The number of ether oxygens (including phenoxy) is 1. The number of hydrogen-bond acceptors (Lipinski definition) is 4. The summed E-state index contributed by atoms with van der Waals surface area (Å²) in [6, 6.07) is 8.03. The SMILES string of the molecule is COc1cccc(CNC(C)Cn2cccn2)n1. The Bertz CT molecular complexity index is 470. The zero-order valence-corrected chi connectivity index (χ0v) is 10.7. The van der Waals surface area contributed by atoms with Crippen molar-refractivity contribution in [3.05, 3.63) is 42.4 Å². The fourth-order valence-corrected chi connectivity index (χ4v) is 1.70. The molecule has 18 heavy (non-hydrogen) atoms. The minimum Gasteiger partial charge on any atom is -0.481 e. The van der Waals surface area contributed by atoms with E-state index in [1.807, 2.05) is 35.1 Å². The third kappa shape index (κ3) is 3.56. The number of nitrogens with one attached hydrogen (secondary N) is 1. The van der Waals surface area contributed by atoms with Gasteiger partial charge in [-0.05, 0) is 19.1 Å².